The van der Waals surface area contributed by atoms with Gasteiger partial charge >= 0.3 is 5.97 Å². The molecular formula is C17H12N4O2. The highest BCUT2D eigenvalue weighted by Crippen LogP contribution is 2.30. The van der Waals surface area contributed by atoms with E-state index in [4.69, 9.17) is 5.11 Å². The molecule has 0 spiro atoms. The number of aromatic amines is 2. The number of nitrogens with one attached hydrogen (secondary N) is 2. The lowest BCUT2D eigenvalue weighted by Gasteiger charge is -2.03. The van der Waals surface area contributed by atoms with E-state index in [2.05, 4.69) is 20.2 Å². The Hall–Kier alpha value is -3.41. The van der Waals surface area contributed by atoms with Crippen LogP contribution >= 0.6 is 0 Å². The zero-order valence-electron chi connectivity index (χ0n) is 11.9. The standard InChI is InChI=1S/C17H12N4O2/c22-17(23)11-3-1-10(2-4-11)12-5-14-15(13-7-20-21-8-13)9-19-16(14)18-6-12/h1-9H,(H,18,19)(H,20,21)(H,22,23). The fourth-order valence-electron chi connectivity index (χ4n) is 2.60. The van der Waals surface area contributed by atoms with Crippen molar-refractivity contribution in [3.8, 4) is 22.3 Å². The van der Waals surface area contributed by atoms with E-state index >= 15 is 0 Å². The first-order valence-corrected chi connectivity index (χ1v) is 7.02. The van der Waals surface area contributed by atoms with E-state index in [1.54, 1.807) is 36.7 Å². The number of hydrogen-bond donors (Lipinski definition) is 3. The van der Waals surface area contributed by atoms with Gasteiger partial charge in [0.05, 0.1) is 11.8 Å². The van der Waals surface area contributed by atoms with Crippen molar-refractivity contribution in [1.82, 2.24) is 20.2 Å². The second kappa shape index (κ2) is 5.10. The molecule has 6 nitrogen and oxygen atoms in total. The quantitative estimate of drug-likeness (QED) is 0.541. The van der Waals surface area contributed by atoms with Crippen molar-refractivity contribution in [2.75, 3.05) is 0 Å². The van der Waals surface area contributed by atoms with Crippen LogP contribution < -0.4 is 0 Å². The number of carboxylic acid groups (broad SMARTS) is 1. The third kappa shape index (κ3) is 2.26. The maximum atomic E-state index is 10.9. The molecule has 0 fully saturated rings. The average molecular weight is 304 g/mol. The Kier molecular flexibility index (Phi) is 2.94. The molecule has 112 valence electrons. The van der Waals surface area contributed by atoms with Crippen molar-refractivity contribution in [3.63, 3.8) is 0 Å². The Labute approximate surface area is 130 Å². The molecule has 0 saturated carbocycles. The van der Waals surface area contributed by atoms with Gasteiger partial charge < -0.3 is 10.1 Å². The van der Waals surface area contributed by atoms with Crippen LogP contribution in [0.5, 0.6) is 0 Å². The maximum Gasteiger partial charge on any atom is 0.335 e. The fraction of sp³-hybridized carbons (Fsp3) is 0. The molecule has 0 atom stereocenters. The van der Waals surface area contributed by atoms with E-state index in [9.17, 15) is 4.79 Å². The summed E-state index contributed by atoms with van der Waals surface area (Å²) >= 11 is 0. The lowest BCUT2D eigenvalue weighted by atomic mass is 10.0. The summed E-state index contributed by atoms with van der Waals surface area (Å²) in [6.45, 7) is 0. The fourth-order valence-corrected chi connectivity index (χ4v) is 2.60. The van der Waals surface area contributed by atoms with Gasteiger partial charge in [-0.3, -0.25) is 5.10 Å². The second-order valence-corrected chi connectivity index (χ2v) is 5.19. The summed E-state index contributed by atoms with van der Waals surface area (Å²) in [5.74, 6) is -0.932. The lowest BCUT2D eigenvalue weighted by molar-refractivity contribution is 0.0697. The Bertz CT molecular complexity index is 985. The number of carboxylic acids is 1. The number of benzene rings is 1. The van der Waals surface area contributed by atoms with Gasteiger partial charge in [0.2, 0.25) is 0 Å². The molecule has 0 aliphatic carbocycles. The summed E-state index contributed by atoms with van der Waals surface area (Å²) < 4.78 is 0. The predicted molar refractivity (Wildman–Crippen MR) is 86.1 cm³/mol. The number of pyridine rings is 1. The predicted octanol–water partition coefficient (Wildman–Crippen LogP) is 3.32. The monoisotopic (exact) mass is 304 g/mol. The van der Waals surface area contributed by atoms with Crippen LogP contribution in [-0.4, -0.2) is 31.2 Å². The van der Waals surface area contributed by atoms with Gasteiger partial charge in [0.25, 0.3) is 0 Å². The van der Waals surface area contributed by atoms with Gasteiger partial charge in [-0.05, 0) is 23.8 Å². The van der Waals surface area contributed by atoms with Crippen molar-refractivity contribution < 1.29 is 9.90 Å². The number of nitrogens with zero attached hydrogens (tertiary/aromatic N) is 2. The molecular weight excluding hydrogens is 292 g/mol. The molecule has 23 heavy (non-hydrogen) atoms. The number of hydrogen-bond acceptors (Lipinski definition) is 3. The number of carbonyl (C=O) groups is 1. The number of fused-ring (bicyclic) bond motifs is 1. The number of rotatable bonds is 3. The first kappa shape index (κ1) is 13.3. The summed E-state index contributed by atoms with van der Waals surface area (Å²) in [5, 5.41) is 16.8. The largest absolute Gasteiger partial charge is 0.478 e. The molecule has 0 aliphatic heterocycles. The summed E-state index contributed by atoms with van der Waals surface area (Å²) in [6.07, 6.45) is 7.27. The first-order valence-electron chi connectivity index (χ1n) is 7.02. The summed E-state index contributed by atoms with van der Waals surface area (Å²) in [4.78, 5) is 18.5. The van der Waals surface area contributed by atoms with Gasteiger partial charge in [0.15, 0.2) is 0 Å². The number of aromatic carboxylic acids is 1. The van der Waals surface area contributed by atoms with Crippen LogP contribution in [0.1, 0.15) is 10.4 Å². The number of H-pyrrole nitrogens is 2. The van der Waals surface area contributed by atoms with Gasteiger partial charge in [-0.15, -0.1) is 0 Å². The maximum absolute atomic E-state index is 10.9. The second-order valence-electron chi connectivity index (χ2n) is 5.19. The van der Waals surface area contributed by atoms with E-state index in [1.165, 1.54) is 0 Å². The normalized spacial score (nSPS) is 11.0. The molecule has 0 aliphatic rings. The van der Waals surface area contributed by atoms with Crippen LogP contribution in [0.25, 0.3) is 33.3 Å². The first-order chi connectivity index (χ1) is 11.2. The van der Waals surface area contributed by atoms with Crippen molar-refractivity contribution in [2.45, 2.75) is 0 Å². The molecule has 3 aromatic heterocycles. The molecule has 4 rings (SSSR count). The highest BCUT2D eigenvalue weighted by atomic mass is 16.4. The third-order valence-corrected chi connectivity index (χ3v) is 3.81. The molecule has 0 amide bonds. The Morgan fingerprint density at radius 3 is 2.52 bits per heavy atom. The van der Waals surface area contributed by atoms with E-state index in [1.807, 2.05) is 18.5 Å². The molecule has 4 aromatic rings. The summed E-state index contributed by atoms with van der Waals surface area (Å²) in [6, 6.07) is 8.80. The summed E-state index contributed by atoms with van der Waals surface area (Å²) in [7, 11) is 0. The van der Waals surface area contributed by atoms with Crippen LogP contribution in [0, 0.1) is 0 Å². The average Bonchev–Trinajstić information content (AvgIpc) is 3.23. The highest BCUT2D eigenvalue weighted by Gasteiger charge is 2.10. The zero-order valence-corrected chi connectivity index (χ0v) is 11.9. The van der Waals surface area contributed by atoms with Crippen LogP contribution in [0.4, 0.5) is 0 Å². The van der Waals surface area contributed by atoms with Gasteiger partial charge in [-0.2, -0.15) is 5.10 Å². The molecule has 3 heterocycles. The topological polar surface area (TPSA) is 94.7 Å². The molecule has 1 aromatic carbocycles. The van der Waals surface area contributed by atoms with Crippen LogP contribution in [-0.2, 0) is 0 Å². The summed E-state index contributed by atoms with van der Waals surface area (Å²) in [5.41, 5.74) is 4.92. The SMILES string of the molecule is O=C(O)c1ccc(-c2cnc3[nH]cc(-c4cn[nH]c4)c3c2)cc1. The van der Waals surface area contributed by atoms with E-state index in [0.29, 0.717) is 0 Å². The smallest absolute Gasteiger partial charge is 0.335 e. The van der Waals surface area contributed by atoms with E-state index < -0.39 is 5.97 Å². The molecule has 6 heteroatoms. The van der Waals surface area contributed by atoms with Crippen molar-refractivity contribution >= 4 is 17.0 Å². The van der Waals surface area contributed by atoms with Crippen molar-refractivity contribution in [1.29, 1.82) is 0 Å². The molecule has 0 bridgehead atoms. The molecule has 0 saturated heterocycles. The molecule has 3 N–H and O–H groups in total. The minimum atomic E-state index is -0.932. The van der Waals surface area contributed by atoms with Gasteiger partial charge in [0.1, 0.15) is 5.65 Å². The number of aromatic nitrogens is 4. The van der Waals surface area contributed by atoms with Crippen molar-refractivity contribution in [3.05, 3.63) is 60.7 Å². The van der Waals surface area contributed by atoms with E-state index in [0.717, 1.165) is 33.3 Å². The van der Waals surface area contributed by atoms with Crippen molar-refractivity contribution in [2.24, 2.45) is 0 Å². The zero-order chi connectivity index (χ0) is 15.8. The Balaban J connectivity index is 1.82. The lowest BCUT2D eigenvalue weighted by Crippen LogP contribution is -1.95. The Morgan fingerprint density at radius 1 is 1.00 bits per heavy atom. The van der Waals surface area contributed by atoms with Gasteiger partial charge in [-0.25, -0.2) is 9.78 Å². The van der Waals surface area contributed by atoms with Crippen LogP contribution in [0.15, 0.2) is 55.1 Å². The van der Waals surface area contributed by atoms with Crippen LogP contribution in [0.2, 0.25) is 0 Å². The molecule has 0 unspecified atom stereocenters. The highest BCUT2D eigenvalue weighted by molar-refractivity contribution is 5.95. The molecule has 0 radical (unpaired) electrons. The minimum Gasteiger partial charge on any atom is -0.478 e. The van der Waals surface area contributed by atoms with Gasteiger partial charge in [-0.1, -0.05) is 12.1 Å². The van der Waals surface area contributed by atoms with Gasteiger partial charge in [0, 0.05) is 40.7 Å². The van der Waals surface area contributed by atoms with Crippen LogP contribution in [0.3, 0.4) is 0 Å². The third-order valence-electron chi connectivity index (χ3n) is 3.81. The van der Waals surface area contributed by atoms with E-state index in [-0.39, 0.29) is 5.56 Å². The Morgan fingerprint density at radius 2 is 1.83 bits per heavy atom. The minimum absolute atomic E-state index is 0.267.